The van der Waals surface area contributed by atoms with Gasteiger partial charge in [-0.05, 0) is 18.2 Å². The van der Waals surface area contributed by atoms with E-state index in [2.05, 4.69) is 10.3 Å². The van der Waals surface area contributed by atoms with E-state index in [0.717, 1.165) is 0 Å². The van der Waals surface area contributed by atoms with Gasteiger partial charge in [0.15, 0.2) is 5.69 Å². The molecule has 0 unspecified atom stereocenters. The summed E-state index contributed by atoms with van der Waals surface area (Å²) in [5, 5.41) is 3.01. The van der Waals surface area contributed by atoms with E-state index in [-0.39, 0.29) is 11.4 Å². The molecule has 0 atom stereocenters. The minimum Gasteiger partial charge on any atom is -0.495 e. The zero-order valence-corrected chi connectivity index (χ0v) is 12.3. The largest absolute Gasteiger partial charge is 0.495 e. The van der Waals surface area contributed by atoms with Crippen LogP contribution in [0.2, 0.25) is 5.02 Å². The lowest BCUT2D eigenvalue weighted by Crippen LogP contribution is -2.16. The molecule has 0 aliphatic heterocycles. The lowest BCUT2D eigenvalue weighted by atomic mass is 10.2. The standard InChI is InChI=1S/C14H14ClN3O3/c1-20-11-7-12(21-2)10(6-8(11)15)18-14(19)13-9(16)4-3-5-17-13/h3-7H,16H2,1-2H3,(H,18,19). The molecule has 6 nitrogen and oxygen atoms in total. The SMILES string of the molecule is COc1cc(OC)c(NC(=O)c2ncccc2N)cc1Cl. The van der Waals surface area contributed by atoms with Crippen molar-refractivity contribution in [3.8, 4) is 11.5 Å². The van der Waals surface area contributed by atoms with E-state index in [1.165, 1.54) is 26.5 Å². The zero-order chi connectivity index (χ0) is 15.4. The number of carbonyl (C=O) groups is 1. The van der Waals surface area contributed by atoms with Crippen molar-refractivity contribution in [2.24, 2.45) is 0 Å². The van der Waals surface area contributed by atoms with Gasteiger partial charge in [-0.25, -0.2) is 4.98 Å². The molecule has 0 saturated carbocycles. The number of amides is 1. The van der Waals surface area contributed by atoms with Crippen molar-refractivity contribution in [3.05, 3.63) is 41.2 Å². The molecule has 0 fully saturated rings. The number of pyridine rings is 1. The smallest absolute Gasteiger partial charge is 0.276 e. The van der Waals surface area contributed by atoms with Crippen LogP contribution in [0.4, 0.5) is 11.4 Å². The van der Waals surface area contributed by atoms with Gasteiger partial charge in [-0.2, -0.15) is 0 Å². The van der Waals surface area contributed by atoms with Gasteiger partial charge >= 0.3 is 0 Å². The van der Waals surface area contributed by atoms with E-state index in [0.29, 0.717) is 22.2 Å². The van der Waals surface area contributed by atoms with Crippen molar-refractivity contribution in [2.45, 2.75) is 0 Å². The summed E-state index contributed by atoms with van der Waals surface area (Å²) in [5.41, 5.74) is 6.54. The Morgan fingerprint density at radius 1 is 1.29 bits per heavy atom. The minimum absolute atomic E-state index is 0.131. The predicted molar refractivity (Wildman–Crippen MR) is 81.2 cm³/mol. The summed E-state index contributed by atoms with van der Waals surface area (Å²) in [7, 11) is 2.97. The highest BCUT2D eigenvalue weighted by Crippen LogP contribution is 2.36. The predicted octanol–water partition coefficient (Wildman–Crippen LogP) is 2.59. The highest BCUT2D eigenvalue weighted by molar-refractivity contribution is 6.32. The van der Waals surface area contributed by atoms with Gasteiger partial charge < -0.3 is 20.5 Å². The van der Waals surface area contributed by atoms with Crippen LogP contribution in [0.25, 0.3) is 0 Å². The molecule has 1 aromatic heterocycles. The number of nitrogens with two attached hydrogens (primary N) is 1. The molecule has 21 heavy (non-hydrogen) atoms. The van der Waals surface area contributed by atoms with Gasteiger partial charge in [0.2, 0.25) is 0 Å². The van der Waals surface area contributed by atoms with Crippen LogP contribution >= 0.6 is 11.6 Å². The van der Waals surface area contributed by atoms with Gasteiger partial charge in [0.1, 0.15) is 11.5 Å². The summed E-state index contributed by atoms with van der Waals surface area (Å²) in [4.78, 5) is 16.1. The maximum atomic E-state index is 12.2. The van der Waals surface area contributed by atoms with Crippen molar-refractivity contribution in [3.63, 3.8) is 0 Å². The van der Waals surface area contributed by atoms with Crippen molar-refractivity contribution in [1.82, 2.24) is 4.98 Å². The maximum Gasteiger partial charge on any atom is 0.276 e. The van der Waals surface area contributed by atoms with Gasteiger partial charge in [-0.15, -0.1) is 0 Å². The van der Waals surface area contributed by atoms with E-state index in [1.54, 1.807) is 18.2 Å². The van der Waals surface area contributed by atoms with Crippen LogP contribution < -0.4 is 20.5 Å². The maximum absolute atomic E-state index is 12.2. The van der Waals surface area contributed by atoms with Gasteiger partial charge in [0.25, 0.3) is 5.91 Å². The average Bonchev–Trinajstić information content (AvgIpc) is 2.48. The van der Waals surface area contributed by atoms with Crippen LogP contribution in [0.5, 0.6) is 11.5 Å². The topological polar surface area (TPSA) is 86.5 Å². The molecule has 1 heterocycles. The number of halogens is 1. The van der Waals surface area contributed by atoms with Crippen LogP contribution in [0.15, 0.2) is 30.5 Å². The number of anilines is 2. The molecule has 2 rings (SSSR count). The van der Waals surface area contributed by atoms with Crippen LogP contribution in [-0.4, -0.2) is 25.1 Å². The van der Waals surface area contributed by atoms with Gasteiger partial charge in [-0.1, -0.05) is 11.6 Å². The molecule has 1 aromatic carbocycles. The minimum atomic E-state index is -0.451. The lowest BCUT2D eigenvalue weighted by molar-refractivity contribution is 0.102. The highest BCUT2D eigenvalue weighted by Gasteiger charge is 2.16. The van der Waals surface area contributed by atoms with Crippen LogP contribution in [-0.2, 0) is 0 Å². The van der Waals surface area contributed by atoms with Crippen molar-refractivity contribution >= 4 is 28.9 Å². The molecule has 2 aromatic rings. The Balaban J connectivity index is 2.33. The van der Waals surface area contributed by atoms with Gasteiger partial charge in [0, 0.05) is 12.3 Å². The highest BCUT2D eigenvalue weighted by atomic mass is 35.5. The fourth-order valence-corrected chi connectivity index (χ4v) is 1.99. The number of hydrogen-bond acceptors (Lipinski definition) is 5. The first-order valence-corrected chi connectivity index (χ1v) is 6.38. The van der Waals surface area contributed by atoms with E-state index < -0.39 is 5.91 Å². The van der Waals surface area contributed by atoms with Gasteiger partial charge in [0.05, 0.1) is 30.6 Å². The first kappa shape index (κ1) is 14.9. The average molecular weight is 308 g/mol. The third-order valence-electron chi connectivity index (χ3n) is 2.78. The second-order valence-electron chi connectivity index (χ2n) is 4.08. The number of benzene rings is 1. The number of methoxy groups -OCH3 is 2. The van der Waals surface area contributed by atoms with Crippen molar-refractivity contribution in [2.75, 3.05) is 25.3 Å². The fourth-order valence-electron chi connectivity index (χ4n) is 1.75. The molecule has 0 aliphatic carbocycles. The fraction of sp³-hybridized carbons (Fsp3) is 0.143. The monoisotopic (exact) mass is 307 g/mol. The number of ether oxygens (including phenoxy) is 2. The molecular formula is C14H14ClN3O3. The summed E-state index contributed by atoms with van der Waals surface area (Å²) in [6, 6.07) is 6.37. The molecule has 7 heteroatoms. The summed E-state index contributed by atoms with van der Waals surface area (Å²) in [6.07, 6.45) is 1.49. The lowest BCUT2D eigenvalue weighted by Gasteiger charge is -2.13. The molecule has 0 bridgehead atoms. The third kappa shape index (κ3) is 3.17. The Morgan fingerprint density at radius 2 is 2.00 bits per heavy atom. The van der Waals surface area contributed by atoms with E-state index in [9.17, 15) is 4.79 Å². The Hall–Kier alpha value is -2.47. The Morgan fingerprint density at radius 3 is 2.62 bits per heavy atom. The van der Waals surface area contributed by atoms with Crippen molar-refractivity contribution in [1.29, 1.82) is 0 Å². The van der Waals surface area contributed by atoms with Gasteiger partial charge in [-0.3, -0.25) is 4.79 Å². The summed E-state index contributed by atoms with van der Waals surface area (Å²) >= 11 is 6.05. The van der Waals surface area contributed by atoms with E-state index in [4.69, 9.17) is 26.8 Å². The third-order valence-corrected chi connectivity index (χ3v) is 3.07. The van der Waals surface area contributed by atoms with E-state index >= 15 is 0 Å². The number of carbonyl (C=O) groups excluding carboxylic acids is 1. The quantitative estimate of drug-likeness (QED) is 0.906. The number of nitrogens with zero attached hydrogens (tertiary/aromatic N) is 1. The van der Waals surface area contributed by atoms with Crippen molar-refractivity contribution < 1.29 is 14.3 Å². The molecular weight excluding hydrogens is 294 g/mol. The summed E-state index contributed by atoms with van der Waals surface area (Å²) < 4.78 is 10.3. The number of nitrogen functional groups attached to an aromatic ring is 1. The van der Waals surface area contributed by atoms with Crippen LogP contribution in [0, 0.1) is 0 Å². The molecule has 0 saturated heterocycles. The molecule has 0 spiro atoms. The Bertz CT molecular complexity index is 677. The second-order valence-corrected chi connectivity index (χ2v) is 4.49. The number of rotatable bonds is 4. The van der Waals surface area contributed by atoms with E-state index in [1.807, 2.05) is 0 Å². The zero-order valence-electron chi connectivity index (χ0n) is 11.5. The number of hydrogen-bond donors (Lipinski definition) is 2. The Kier molecular flexibility index (Phi) is 4.49. The molecule has 0 radical (unpaired) electrons. The molecule has 0 aliphatic rings. The molecule has 1 amide bonds. The molecule has 110 valence electrons. The number of nitrogens with one attached hydrogen (secondary N) is 1. The Labute approximate surface area is 126 Å². The summed E-state index contributed by atoms with van der Waals surface area (Å²) in [6.45, 7) is 0. The summed E-state index contributed by atoms with van der Waals surface area (Å²) in [5.74, 6) is 0.413. The normalized spacial score (nSPS) is 10.0. The first-order valence-electron chi connectivity index (χ1n) is 6.00. The van der Waals surface area contributed by atoms with Crippen LogP contribution in [0.1, 0.15) is 10.5 Å². The number of aromatic nitrogens is 1. The molecule has 3 N–H and O–H groups in total. The van der Waals surface area contributed by atoms with Crippen LogP contribution in [0.3, 0.4) is 0 Å². The first-order chi connectivity index (χ1) is 10.1. The second kappa shape index (κ2) is 6.32.